The zero-order valence-corrected chi connectivity index (χ0v) is 13.7. The smallest absolute Gasteiger partial charge is 0.272 e. The number of hydrogen-bond donors (Lipinski definition) is 1. The summed E-state index contributed by atoms with van der Waals surface area (Å²) in [6.45, 7) is 5.24. The zero-order chi connectivity index (χ0) is 16.2. The van der Waals surface area contributed by atoms with Crippen LogP contribution in [0.4, 0.5) is 0 Å². The summed E-state index contributed by atoms with van der Waals surface area (Å²) in [6.07, 6.45) is 3.60. The zero-order valence-electron chi connectivity index (χ0n) is 13.7. The van der Waals surface area contributed by atoms with E-state index < -0.39 is 0 Å². The van der Waals surface area contributed by atoms with Gasteiger partial charge in [-0.05, 0) is 18.4 Å². The van der Waals surface area contributed by atoms with Gasteiger partial charge in [-0.15, -0.1) is 0 Å². The quantitative estimate of drug-likeness (QED) is 0.923. The summed E-state index contributed by atoms with van der Waals surface area (Å²) < 4.78 is 7.99. The predicted molar refractivity (Wildman–Crippen MR) is 88.0 cm³/mol. The molecule has 23 heavy (non-hydrogen) atoms. The fraction of sp³-hybridized carbons (Fsp3) is 0.444. The molecule has 0 spiro atoms. The molecule has 0 bridgehead atoms. The number of imidazole rings is 1. The normalized spacial score (nSPS) is 17.1. The van der Waals surface area contributed by atoms with Crippen LogP contribution in [0, 0.1) is 0 Å². The summed E-state index contributed by atoms with van der Waals surface area (Å²) in [4.78, 5) is 16.7. The molecule has 5 heteroatoms. The van der Waals surface area contributed by atoms with Gasteiger partial charge in [-0.2, -0.15) is 0 Å². The molecule has 2 aromatic rings. The molecule has 1 amide bonds. The SMILES string of the molecule is CCC(CC)NC(=O)c1ncn2c1CO[C@H](c1ccccc1)C2. The van der Waals surface area contributed by atoms with E-state index in [0.717, 1.165) is 24.1 Å². The number of nitrogens with one attached hydrogen (secondary N) is 1. The van der Waals surface area contributed by atoms with Crippen LogP contribution in [0.1, 0.15) is 54.5 Å². The summed E-state index contributed by atoms with van der Waals surface area (Å²) in [5, 5.41) is 3.04. The number of carbonyl (C=O) groups excluding carboxylic acids is 1. The maximum absolute atomic E-state index is 12.4. The van der Waals surface area contributed by atoms with Crippen molar-refractivity contribution in [3.8, 4) is 0 Å². The van der Waals surface area contributed by atoms with E-state index in [4.69, 9.17) is 4.74 Å². The largest absolute Gasteiger partial charge is 0.365 e. The second kappa shape index (κ2) is 6.96. The molecule has 122 valence electrons. The first-order valence-electron chi connectivity index (χ1n) is 8.24. The number of ether oxygens (including phenoxy) is 1. The molecular formula is C18H23N3O2. The topological polar surface area (TPSA) is 56.2 Å². The van der Waals surface area contributed by atoms with Gasteiger partial charge in [0.25, 0.3) is 5.91 Å². The highest BCUT2D eigenvalue weighted by molar-refractivity contribution is 5.93. The van der Waals surface area contributed by atoms with Gasteiger partial charge in [0.15, 0.2) is 5.69 Å². The molecule has 1 N–H and O–H groups in total. The van der Waals surface area contributed by atoms with Crippen molar-refractivity contribution in [2.24, 2.45) is 0 Å². The standard InChI is InChI=1S/C18H23N3O2/c1-3-14(4-2)20-18(22)17-15-11-23-16(10-21(15)12-19-17)13-8-6-5-7-9-13/h5-9,12,14,16H,3-4,10-11H2,1-2H3,(H,20,22)/t16-/m0/s1. The van der Waals surface area contributed by atoms with Crippen molar-refractivity contribution in [3.05, 3.63) is 53.6 Å². The van der Waals surface area contributed by atoms with Crippen molar-refractivity contribution >= 4 is 5.91 Å². The van der Waals surface area contributed by atoms with E-state index in [1.54, 1.807) is 6.33 Å². The van der Waals surface area contributed by atoms with Crippen LogP contribution < -0.4 is 5.32 Å². The minimum atomic E-state index is -0.103. The minimum Gasteiger partial charge on any atom is -0.365 e. The lowest BCUT2D eigenvalue weighted by molar-refractivity contribution is 0.00256. The molecule has 5 nitrogen and oxygen atoms in total. The monoisotopic (exact) mass is 313 g/mol. The first kappa shape index (κ1) is 15.7. The van der Waals surface area contributed by atoms with Gasteiger partial charge in [0.05, 0.1) is 25.2 Å². The second-order valence-electron chi connectivity index (χ2n) is 5.89. The number of nitrogens with zero attached hydrogens (tertiary/aromatic N) is 2. The van der Waals surface area contributed by atoms with Gasteiger partial charge in [-0.25, -0.2) is 4.98 Å². The number of amides is 1. The van der Waals surface area contributed by atoms with Crippen LogP contribution in [-0.2, 0) is 17.9 Å². The fourth-order valence-corrected chi connectivity index (χ4v) is 2.93. The lowest BCUT2D eigenvalue weighted by atomic mass is 10.1. The highest BCUT2D eigenvalue weighted by Crippen LogP contribution is 2.27. The lowest BCUT2D eigenvalue weighted by Crippen LogP contribution is -2.35. The molecule has 1 aromatic heterocycles. The molecule has 0 saturated heterocycles. The first-order valence-corrected chi connectivity index (χ1v) is 8.24. The van der Waals surface area contributed by atoms with Crippen LogP contribution >= 0.6 is 0 Å². The first-order chi connectivity index (χ1) is 11.2. The summed E-state index contributed by atoms with van der Waals surface area (Å²) >= 11 is 0. The average molecular weight is 313 g/mol. The van der Waals surface area contributed by atoms with Crippen LogP contribution in [0.15, 0.2) is 36.7 Å². The lowest BCUT2D eigenvalue weighted by Gasteiger charge is -2.25. The Morgan fingerprint density at radius 2 is 2.09 bits per heavy atom. The van der Waals surface area contributed by atoms with E-state index >= 15 is 0 Å². The van der Waals surface area contributed by atoms with Gasteiger partial charge >= 0.3 is 0 Å². The Kier molecular flexibility index (Phi) is 4.76. The number of aromatic nitrogens is 2. The Hall–Kier alpha value is -2.14. The van der Waals surface area contributed by atoms with Crippen molar-refractivity contribution in [2.75, 3.05) is 0 Å². The van der Waals surface area contributed by atoms with E-state index in [2.05, 4.69) is 36.3 Å². The van der Waals surface area contributed by atoms with E-state index in [9.17, 15) is 4.79 Å². The average Bonchev–Trinajstić information content (AvgIpc) is 3.03. The molecule has 0 saturated carbocycles. The van der Waals surface area contributed by atoms with E-state index in [0.29, 0.717) is 18.8 Å². The summed E-state index contributed by atoms with van der Waals surface area (Å²) in [7, 11) is 0. The Morgan fingerprint density at radius 3 is 2.78 bits per heavy atom. The summed E-state index contributed by atoms with van der Waals surface area (Å²) in [5.74, 6) is -0.103. The van der Waals surface area contributed by atoms with Crippen molar-refractivity contribution < 1.29 is 9.53 Å². The van der Waals surface area contributed by atoms with Crippen LogP contribution in [-0.4, -0.2) is 21.5 Å². The third-order valence-corrected chi connectivity index (χ3v) is 4.44. The maximum atomic E-state index is 12.4. The molecule has 2 heterocycles. The molecule has 1 aromatic carbocycles. The Balaban J connectivity index is 1.74. The molecule has 0 radical (unpaired) electrons. The van der Waals surface area contributed by atoms with Gasteiger partial charge in [0.2, 0.25) is 0 Å². The number of rotatable bonds is 5. The molecular weight excluding hydrogens is 290 g/mol. The Morgan fingerprint density at radius 1 is 1.35 bits per heavy atom. The summed E-state index contributed by atoms with van der Waals surface area (Å²) in [5.41, 5.74) is 2.50. The number of hydrogen-bond acceptors (Lipinski definition) is 3. The summed E-state index contributed by atoms with van der Waals surface area (Å²) in [6, 6.07) is 10.3. The van der Waals surface area contributed by atoms with E-state index in [1.165, 1.54) is 0 Å². The van der Waals surface area contributed by atoms with Gasteiger partial charge in [0.1, 0.15) is 6.10 Å². The van der Waals surface area contributed by atoms with Gasteiger partial charge < -0.3 is 14.6 Å². The Bertz CT molecular complexity index is 662. The molecule has 1 aliphatic heterocycles. The third-order valence-electron chi connectivity index (χ3n) is 4.44. The highest BCUT2D eigenvalue weighted by Gasteiger charge is 2.26. The Labute approximate surface area is 136 Å². The molecule has 0 fully saturated rings. The van der Waals surface area contributed by atoms with Crippen LogP contribution in [0.2, 0.25) is 0 Å². The van der Waals surface area contributed by atoms with Crippen molar-refractivity contribution in [3.63, 3.8) is 0 Å². The van der Waals surface area contributed by atoms with Gasteiger partial charge in [-0.1, -0.05) is 44.2 Å². The predicted octanol–water partition coefficient (Wildman–Crippen LogP) is 3.07. The minimum absolute atomic E-state index is 0.00726. The van der Waals surface area contributed by atoms with Gasteiger partial charge in [-0.3, -0.25) is 4.79 Å². The molecule has 1 atom stereocenters. The maximum Gasteiger partial charge on any atom is 0.272 e. The fourth-order valence-electron chi connectivity index (χ4n) is 2.93. The van der Waals surface area contributed by atoms with Crippen molar-refractivity contribution in [1.29, 1.82) is 0 Å². The van der Waals surface area contributed by atoms with E-state index in [-0.39, 0.29) is 18.1 Å². The van der Waals surface area contributed by atoms with Crippen LogP contribution in [0.3, 0.4) is 0 Å². The van der Waals surface area contributed by atoms with Crippen molar-refractivity contribution in [2.45, 2.75) is 52.0 Å². The highest BCUT2D eigenvalue weighted by atomic mass is 16.5. The third kappa shape index (κ3) is 3.29. The van der Waals surface area contributed by atoms with Crippen molar-refractivity contribution in [1.82, 2.24) is 14.9 Å². The number of carbonyl (C=O) groups is 1. The molecule has 0 unspecified atom stereocenters. The van der Waals surface area contributed by atoms with E-state index in [1.807, 2.05) is 22.8 Å². The molecule has 1 aliphatic rings. The second-order valence-corrected chi connectivity index (χ2v) is 5.89. The number of benzene rings is 1. The van der Waals surface area contributed by atoms with Crippen LogP contribution in [0.5, 0.6) is 0 Å². The number of fused-ring (bicyclic) bond motifs is 1. The molecule has 3 rings (SSSR count). The van der Waals surface area contributed by atoms with Gasteiger partial charge in [0, 0.05) is 6.04 Å². The molecule has 0 aliphatic carbocycles. The van der Waals surface area contributed by atoms with Crippen LogP contribution in [0.25, 0.3) is 0 Å².